The van der Waals surface area contributed by atoms with Crippen LogP contribution in [-0.4, -0.2) is 12.2 Å². The lowest BCUT2D eigenvalue weighted by Crippen LogP contribution is -2.14. The number of aryl methyl sites for hydroxylation is 1. The highest BCUT2D eigenvalue weighted by atomic mass is 32.2. The highest BCUT2D eigenvalue weighted by Crippen LogP contribution is 2.21. The van der Waals surface area contributed by atoms with Crippen LogP contribution in [-0.2, 0) is 0 Å². The Morgan fingerprint density at radius 3 is 2.68 bits per heavy atom. The summed E-state index contributed by atoms with van der Waals surface area (Å²) >= 11 is 1.63. The van der Waals surface area contributed by atoms with Crippen molar-refractivity contribution >= 4 is 29.0 Å². The number of benzene rings is 2. The van der Waals surface area contributed by atoms with Crippen LogP contribution < -0.4 is 11.1 Å². The summed E-state index contributed by atoms with van der Waals surface area (Å²) in [4.78, 5) is 13.3. The maximum Gasteiger partial charge on any atom is 0.257 e. The first-order valence-corrected chi connectivity index (χ1v) is 7.14. The third-order valence-electron chi connectivity index (χ3n) is 2.78. The van der Waals surface area contributed by atoms with Crippen LogP contribution >= 0.6 is 11.8 Å². The fourth-order valence-electron chi connectivity index (χ4n) is 1.79. The molecular formula is C15H16N2OS. The summed E-state index contributed by atoms with van der Waals surface area (Å²) in [6, 6.07) is 13.1. The summed E-state index contributed by atoms with van der Waals surface area (Å²) in [6.07, 6.45) is 2.00. The predicted molar refractivity (Wildman–Crippen MR) is 81.8 cm³/mol. The maximum absolute atomic E-state index is 12.1. The normalized spacial score (nSPS) is 10.2. The van der Waals surface area contributed by atoms with Crippen LogP contribution in [0.3, 0.4) is 0 Å². The SMILES string of the molecule is CSc1cccc(NC(=O)c2ccc(C)cc2N)c1. The molecule has 2 rings (SSSR count). The van der Waals surface area contributed by atoms with Gasteiger partial charge in [-0.15, -0.1) is 11.8 Å². The smallest absolute Gasteiger partial charge is 0.257 e. The Balaban J connectivity index is 2.20. The summed E-state index contributed by atoms with van der Waals surface area (Å²) in [7, 11) is 0. The van der Waals surface area contributed by atoms with Crippen LogP contribution in [0.15, 0.2) is 47.4 Å². The molecule has 2 aromatic rings. The van der Waals surface area contributed by atoms with E-state index in [1.54, 1.807) is 23.9 Å². The lowest BCUT2D eigenvalue weighted by molar-refractivity contribution is 0.102. The van der Waals surface area contributed by atoms with Crippen molar-refractivity contribution in [3.05, 3.63) is 53.6 Å². The van der Waals surface area contributed by atoms with E-state index in [0.29, 0.717) is 11.3 Å². The van der Waals surface area contributed by atoms with Crippen molar-refractivity contribution in [2.45, 2.75) is 11.8 Å². The number of thioether (sulfide) groups is 1. The van der Waals surface area contributed by atoms with Crippen LogP contribution in [0.1, 0.15) is 15.9 Å². The maximum atomic E-state index is 12.1. The van der Waals surface area contributed by atoms with E-state index in [-0.39, 0.29) is 5.91 Å². The van der Waals surface area contributed by atoms with E-state index in [1.165, 1.54) is 0 Å². The monoisotopic (exact) mass is 272 g/mol. The predicted octanol–water partition coefficient (Wildman–Crippen LogP) is 3.55. The number of nitrogen functional groups attached to an aromatic ring is 1. The van der Waals surface area contributed by atoms with Crippen molar-refractivity contribution in [2.24, 2.45) is 0 Å². The van der Waals surface area contributed by atoms with Crippen LogP contribution in [0.25, 0.3) is 0 Å². The number of hydrogen-bond acceptors (Lipinski definition) is 3. The van der Waals surface area contributed by atoms with E-state index >= 15 is 0 Å². The van der Waals surface area contributed by atoms with Gasteiger partial charge in [-0.05, 0) is 49.1 Å². The summed E-state index contributed by atoms with van der Waals surface area (Å²) in [5.74, 6) is -0.184. The quantitative estimate of drug-likeness (QED) is 0.663. The fourth-order valence-corrected chi connectivity index (χ4v) is 2.25. The van der Waals surface area contributed by atoms with E-state index in [0.717, 1.165) is 16.1 Å². The van der Waals surface area contributed by atoms with Crippen molar-refractivity contribution in [1.82, 2.24) is 0 Å². The largest absolute Gasteiger partial charge is 0.398 e. The van der Waals surface area contributed by atoms with E-state index < -0.39 is 0 Å². The van der Waals surface area contributed by atoms with E-state index in [4.69, 9.17) is 5.73 Å². The Bertz CT molecular complexity index is 611. The molecule has 2 aromatic carbocycles. The lowest BCUT2D eigenvalue weighted by atomic mass is 10.1. The number of carbonyl (C=O) groups excluding carboxylic acids is 1. The molecule has 0 unspecified atom stereocenters. The topological polar surface area (TPSA) is 55.1 Å². The number of anilines is 2. The van der Waals surface area contributed by atoms with E-state index in [2.05, 4.69) is 5.32 Å². The molecule has 0 heterocycles. The van der Waals surface area contributed by atoms with Gasteiger partial charge in [-0.2, -0.15) is 0 Å². The Morgan fingerprint density at radius 1 is 1.21 bits per heavy atom. The number of amides is 1. The van der Waals surface area contributed by atoms with Crippen LogP contribution in [0.5, 0.6) is 0 Å². The second-order valence-electron chi connectivity index (χ2n) is 4.28. The molecule has 1 amide bonds. The number of nitrogens with two attached hydrogens (primary N) is 1. The minimum Gasteiger partial charge on any atom is -0.398 e. The Hall–Kier alpha value is -1.94. The number of nitrogens with one attached hydrogen (secondary N) is 1. The fraction of sp³-hybridized carbons (Fsp3) is 0.133. The number of rotatable bonds is 3. The summed E-state index contributed by atoms with van der Waals surface area (Å²) in [5, 5.41) is 2.86. The standard InChI is InChI=1S/C15H16N2OS/c1-10-6-7-13(14(16)8-10)15(18)17-11-4-3-5-12(9-11)19-2/h3-9H,16H2,1-2H3,(H,17,18). The van der Waals surface area contributed by atoms with Gasteiger partial charge < -0.3 is 11.1 Å². The van der Waals surface area contributed by atoms with Crippen LogP contribution in [0.4, 0.5) is 11.4 Å². The Kier molecular flexibility index (Phi) is 4.12. The zero-order chi connectivity index (χ0) is 13.8. The van der Waals surface area contributed by atoms with Gasteiger partial charge in [0.05, 0.1) is 5.56 Å². The lowest BCUT2D eigenvalue weighted by Gasteiger charge is -2.09. The highest BCUT2D eigenvalue weighted by molar-refractivity contribution is 7.98. The molecule has 0 aliphatic carbocycles. The number of hydrogen-bond donors (Lipinski definition) is 2. The molecule has 0 aliphatic heterocycles. The van der Waals surface area contributed by atoms with E-state index in [9.17, 15) is 4.79 Å². The second-order valence-corrected chi connectivity index (χ2v) is 5.16. The molecule has 3 N–H and O–H groups in total. The van der Waals surface area contributed by atoms with Gasteiger partial charge in [0.2, 0.25) is 0 Å². The van der Waals surface area contributed by atoms with Gasteiger partial charge >= 0.3 is 0 Å². The molecule has 0 fully saturated rings. The molecule has 0 saturated heterocycles. The molecule has 98 valence electrons. The highest BCUT2D eigenvalue weighted by Gasteiger charge is 2.10. The third kappa shape index (κ3) is 3.29. The summed E-state index contributed by atoms with van der Waals surface area (Å²) in [5.41, 5.74) is 8.68. The zero-order valence-electron chi connectivity index (χ0n) is 10.9. The molecule has 0 aromatic heterocycles. The van der Waals surface area contributed by atoms with Gasteiger partial charge in [-0.25, -0.2) is 0 Å². The molecule has 3 nitrogen and oxygen atoms in total. The molecule has 4 heteroatoms. The first-order valence-electron chi connectivity index (χ1n) is 5.91. The molecule has 19 heavy (non-hydrogen) atoms. The molecule has 0 aliphatic rings. The molecule has 0 saturated carbocycles. The first kappa shape index (κ1) is 13.5. The van der Waals surface area contributed by atoms with Gasteiger partial charge in [-0.1, -0.05) is 12.1 Å². The minimum absolute atomic E-state index is 0.184. The summed E-state index contributed by atoms with van der Waals surface area (Å²) < 4.78 is 0. The van der Waals surface area contributed by atoms with Crippen molar-refractivity contribution in [2.75, 3.05) is 17.3 Å². The number of carbonyl (C=O) groups is 1. The average molecular weight is 272 g/mol. The van der Waals surface area contributed by atoms with Crippen molar-refractivity contribution in [3.63, 3.8) is 0 Å². The van der Waals surface area contributed by atoms with Crippen molar-refractivity contribution in [3.8, 4) is 0 Å². The van der Waals surface area contributed by atoms with Gasteiger partial charge in [0.25, 0.3) is 5.91 Å². The van der Waals surface area contributed by atoms with Crippen LogP contribution in [0, 0.1) is 6.92 Å². The molecular weight excluding hydrogens is 256 g/mol. The minimum atomic E-state index is -0.184. The summed E-state index contributed by atoms with van der Waals surface area (Å²) in [6.45, 7) is 1.94. The Morgan fingerprint density at radius 2 is 2.00 bits per heavy atom. The molecule has 0 atom stereocenters. The Labute approximate surface area is 117 Å². The molecule has 0 spiro atoms. The van der Waals surface area contributed by atoms with Gasteiger partial charge in [0, 0.05) is 16.3 Å². The first-order chi connectivity index (χ1) is 9.10. The van der Waals surface area contributed by atoms with E-state index in [1.807, 2.05) is 43.5 Å². The third-order valence-corrected chi connectivity index (χ3v) is 3.50. The zero-order valence-corrected chi connectivity index (χ0v) is 11.8. The van der Waals surface area contributed by atoms with Crippen LogP contribution in [0.2, 0.25) is 0 Å². The molecule has 0 bridgehead atoms. The van der Waals surface area contributed by atoms with Gasteiger partial charge in [0.15, 0.2) is 0 Å². The molecule has 0 radical (unpaired) electrons. The van der Waals surface area contributed by atoms with Crippen molar-refractivity contribution < 1.29 is 4.79 Å². The van der Waals surface area contributed by atoms with Crippen molar-refractivity contribution in [1.29, 1.82) is 0 Å². The second kappa shape index (κ2) is 5.80. The average Bonchev–Trinajstić information content (AvgIpc) is 2.38. The van der Waals surface area contributed by atoms with Gasteiger partial charge in [0.1, 0.15) is 0 Å². The van der Waals surface area contributed by atoms with Gasteiger partial charge in [-0.3, -0.25) is 4.79 Å².